The normalized spacial score (nSPS) is 10.4. The van der Waals surface area contributed by atoms with Gasteiger partial charge in [0.2, 0.25) is 0 Å². The standard InChI is InChI=1S/C20H16O4/c1-23-19(21)18(20(22)24-2)12-17-15-9-5-3-7-13(15)11-14-8-4-6-10-16(14)17/h3-12H,1-2H3. The van der Waals surface area contributed by atoms with Crippen molar-refractivity contribution in [2.75, 3.05) is 14.2 Å². The van der Waals surface area contributed by atoms with E-state index in [1.165, 1.54) is 14.2 Å². The highest BCUT2D eigenvalue weighted by atomic mass is 16.5. The predicted octanol–water partition coefficient (Wildman–Crippen LogP) is 3.72. The van der Waals surface area contributed by atoms with Crippen LogP contribution in [0, 0.1) is 0 Å². The molecule has 0 bridgehead atoms. The molecule has 0 aliphatic carbocycles. The molecule has 4 nitrogen and oxygen atoms in total. The Morgan fingerprint density at radius 2 is 1.25 bits per heavy atom. The number of benzene rings is 3. The number of carbonyl (C=O) groups is 2. The molecule has 0 spiro atoms. The average molecular weight is 320 g/mol. The Morgan fingerprint density at radius 3 is 1.71 bits per heavy atom. The molecule has 0 aliphatic rings. The highest BCUT2D eigenvalue weighted by molar-refractivity contribution is 6.20. The van der Waals surface area contributed by atoms with Crippen LogP contribution < -0.4 is 0 Å². The van der Waals surface area contributed by atoms with Crippen LogP contribution in [0.25, 0.3) is 27.6 Å². The predicted molar refractivity (Wildman–Crippen MR) is 93.5 cm³/mol. The zero-order valence-corrected chi connectivity index (χ0v) is 13.4. The average Bonchev–Trinajstić information content (AvgIpc) is 2.63. The zero-order valence-electron chi connectivity index (χ0n) is 13.4. The molecule has 0 N–H and O–H groups in total. The molecule has 120 valence electrons. The Balaban J connectivity index is 2.38. The number of esters is 2. The third-order valence-corrected chi connectivity index (χ3v) is 3.91. The van der Waals surface area contributed by atoms with E-state index in [9.17, 15) is 9.59 Å². The van der Waals surface area contributed by atoms with Crippen molar-refractivity contribution < 1.29 is 19.1 Å². The van der Waals surface area contributed by atoms with Crippen molar-refractivity contribution in [3.8, 4) is 0 Å². The molecule has 0 saturated carbocycles. The maximum Gasteiger partial charge on any atom is 0.345 e. The summed E-state index contributed by atoms with van der Waals surface area (Å²) in [5, 5.41) is 3.94. The quantitative estimate of drug-likeness (QED) is 0.243. The second-order valence-electron chi connectivity index (χ2n) is 5.27. The van der Waals surface area contributed by atoms with Crippen molar-refractivity contribution in [3.63, 3.8) is 0 Å². The second kappa shape index (κ2) is 6.54. The van der Waals surface area contributed by atoms with Gasteiger partial charge in [0.05, 0.1) is 14.2 Å². The van der Waals surface area contributed by atoms with Crippen LogP contribution in [0.3, 0.4) is 0 Å². The van der Waals surface area contributed by atoms with Crippen LogP contribution in [0.5, 0.6) is 0 Å². The van der Waals surface area contributed by atoms with E-state index in [0.717, 1.165) is 27.1 Å². The maximum absolute atomic E-state index is 12.0. The van der Waals surface area contributed by atoms with E-state index in [1.54, 1.807) is 6.08 Å². The van der Waals surface area contributed by atoms with Gasteiger partial charge >= 0.3 is 11.9 Å². The summed E-state index contributed by atoms with van der Waals surface area (Å²) in [7, 11) is 2.47. The highest BCUT2D eigenvalue weighted by Crippen LogP contribution is 2.30. The van der Waals surface area contributed by atoms with Gasteiger partial charge in [0.1, 0.15) is 5.57 Å². The fourth-order valence-corrected chi connectivity index (χ4v) is 2.77. The number of carbonyl (C=O) groups excluding carboxylic acids is 2. The number of hydrogen-bond acceptors (Lipinski definition) is 4. The van der Waals surface area contributed by atoms with Crippen molar-refractivity contribution in [3.05, 3.63) is 65.7 Å². The summed E-state index contributed by atoms with van der Waals surface area (Å²) >= 11 is 0. The molecule has 24 heavy (non-hydrogen) atoms. The topological polar surface area (TPSA) is 52.6 Å². The van der Waals surface area contributed by atoms with Gasteiger partial charge in [-0.3, -0.25) is 0 Å². The number of methoxy groups -OCH3 is 2. The Labute approximate surface area is 139 Å². The highest BCUT2D eigenvalue weighted by Gasteiger charge is 2.20. The minimum atomic E-state index is -0.723. The van der Waals surface area contributed by atoms with Crippen LogP contribution in [0.15, 0.2) is 60.2 Å². The van der Waals surface area contributed by atoms with Gasteiger partial charge < -0.3 is 9.47 Å². The summed E-state index contributed by atoms with van der Waals surface area (Å²) in [6.45, 7) is 0. The molecule has 0 saturated heterocycles. The summed E-state index contributed by atoms with van der Waals surface area (Å²) in [4.78, 5) is 24.0. The molecular formula is C20H16O4. The molecule has 0 aliphatic heterocycles. The molecule has 0 atom stereocenters. The van der Waals surface area contributed by atoms with Crippen LogP contribution >= 0.6 is 0 Å². The van der Waals surface area contributed by atoms with Crippen LogP contribution in [0.2, 0.25) is 0 Å². The summed E-state index contributed by atoms with van der Waals surface area (Å²) in [6.07, 6.45) is 1.54. The zero-order chi connectivity index (χ0) is 17.1. The molecule has 4 heteroatoms. The molecule has 0 heterocycles. The van der Waals surface area contributed by atoms with E-state index in [0.29, 0.717) is 0 Å². The summed E-state index contributed by atoms with van der Waals surface area (Å²) in [5.74, 6) is -1.45. The van der Waals surface area contributed by atoms with Crippen molar-refractivity contribution >= 4 is 39.6 Å². The smallest absolute Gasteiger partial charge is 0.345 e. The first-order valence-corrected chi connectivity index (χ1v) is 7.44. The lowest BCUT2D eigenvalue weighted by atomic mass is 9.95. The fraction of sp³-hybridized carbons (Fsp3) is 0.100. The van der Waals surface area contributed by atoms with Crippen LogP contribution in [0.4, 0.5) is 0 Å². The molecule has 0 unspecified atom stereocenters. The molecule has 0 fully saturated rings. The van der Waals surface area contributed by atoms with Gasteiger partial charge in [0, 0.05) is 0 Å². The fourth-order valence-electron chi connectivity index (χ4n) is 2.77. The first-order valence-electron chi connectivity index (χ1n) is 7.44. The minimum absolute atomic E-state index is 0.137. The van der Waals surface area contributed by atoms with Crippen molar-refractivity contribution in [1.82, 2.24) is 0 Å². The Morgan fingerprint density at radius 1 is 0.792 bits per heavy atom. The van der Waals surface area contributed by atoms with E-state index < -0.39 is 11.9 Å². The van der Waals surface area contributed by atoms with Crippen LogP contribution in [-0.2, 0) is 19.1 Å². The molecule has 3 aromatic carbocycles. The molecule has 0 radical (unpaired) electrons. The SMILES string of the molecule is COC(=O)C(=Cc1c2ccccc2cc2ccccc12)C(=O)OC. The first-order chi connectivity index (χ1) is 11.7. The van der Waals surface area contributed by atoms with Gasteiger partial charge in [-0.1, -0.05) is 48.5 Å². The lowest BCUT2D eigenvalue weighted by molar-refractivity contribution is -0.143. The van der Waals surface area contributed by atoms with Crippen LogP contribution in [0.1, 0.15) is 5.56 Å². The van der Waals surface area contributed by atoms with Gasteiger partial charge in [-0.05, 0) is 39.3 Å². The molecular weight excluding hydrogens is 304 g/mol. The summed E-state index contributed by atoms with van der Waals surface area (Å²) in [5.41, 5.74) is 0.649. The van der Waals surface area contributed by atoms with E-state index in [4.69, 9.17) is 9.47 Å². The number of fused-ring (bicyclic) bond motifs is 2. The Hall–Kier alpha value is -3.14. The summed E-state index contributed by atoms with van der Waals surface area (Å²) < 4.78 is 9.45. The van der Waals surface area contributed by atoms with Crippen LogP contribution in [-0.4, -0.2) is 26.2 Å². The monoisotopic (exact) mass is 320 g/mol. The Kier molecular flexibility index (Phi) is 4.29. The minimum Gasteiger partial charge on any atom is -0.465 e. The number of rotatable bonds is 3. The third kappa shape index (κ3) is 2.74. The van der Waals surface area contributed by atoms with Gasteiger partial charge in [-0.25, -0.2) is 9.59 Å². The lowest BCUT2D eigenvalue weighted by Gasteiger charge is -2.10. The van der Waals surface area contributed by atoms with E-state index in [-0.39, 0.29) is 5.57 Å². The lowest BCUT2D eigenvalue weighted by Crippen LogP contribution is -2.15. The number of hydrogen-bond donors (Lipinski definition) is 0. The number of ether oxygens (including phenoxy) is 2. The second-order valence-corrected chi connectivity index (χ2v) is 5.27. The van der Waals surface area contributed by atoms with Gasteiger partial charge in [0.15, 0.2) is 0 Å². The molecule has 3 rings (SSSR count). The largest absolute Gasteiger partial charge is 0.465 e. The van der Waals surface area contributed by atoms with Gasteiger partial charge in [-0.2, -0.15) is 0 Å². The molecule has 0 aromatic heterocycles. The van der Waals surface area contributed by atoms with Crippen molar-refractivity contribution in [1.29, 1.82) is 0 Å². The van der Waals surface area contributed by atoms with E-state index >= 15 is 0 Å². The summed E-state index contributed by atoms with van der Waals surface area (Å²) in [6, 6.07) is 17.7. The molecule has 0 amide bonds. The maximum atomic E-state index is 12.0. The van der Waals surface area contributed by atoms with Gasteiger partial charge in [0.25, 0.3) is 0 Å². The van der Waals surface area contributed by atoms with Crippen molar-refractivity contribution in [2.45, 2.75) is 0 Å². The van der Waals surface area contributed by atoms with Gasteiger partial charge in [-0.15, -0.1) is 0 Å². The third-order valence-electron chi connectivity index (χ3n) is 3.91. The molecule has 3 aromatic rings. The van der Waals surface area contributed by atoms with E-state index in [2.05, 4.69) is 6.07 Å². The van der Waals surface area contributed by atoms with Crippen molar-refractivity contribution in [2.24, 2.45) is 0 Å². The van der Waals surface area contributed by atoms with E-state index in [1.807, 2.05) is 48.5 Å². The Bertz CT molecular complexity index is 898. The first kappa shape index (κ1) is 15.7.